The van der Waals surface area contributed by atoms with E-state index in [4.69, 9.17) is 9.47 Å². The van der Waals surface area contributed by atoms with Gasteiger partial charge in [-0.15, -0.1) is 13.2 Å². The van der Waals surface area contributed by atoms with E-state index in [2.05, 4.69) is 19.7 Å². The Morgan fingerprint density at radius 1 is 0.952 bits per heavy atom. The van der Waals surface area contributed by atoms with Crippen molar-refractivity contribution in [2.45, 2.75) is 19.3 Å². The lowest BCUT2D eigenvalue weighted by atomic mass is 10.1. The van der Waals surface area contributed by atoms with Crippen molar-refractivity contribution >= 4 is 11.9 Å². The number of carbonyl (C=O) groups is 2. The largest absolute Gasteiger partial charge is 0.461 e. The fraction of sp³-hybridized carbons (Fsp3) is 0.294. The summed E-state index contributed by atoms with van der Waals surface area (Å²) in [5.74, 6) is -0.900. The maximum Gasteiger partial charge on any atom is 0.330 e. The topological polar surface area (TPSA) is 52.6 Å². The summed E-state index contributed by atoms with van der Waals surface area (Å²) >= 11 is 0. The minimum Gasteiger partial charge on any atom is -0.461 e. The van der Waals surface area contributed by atoms with Gasteiger partial charge in [0.05, 0.1) is 6.42 Å². The van der Waals surface area contributed by atoms with Gasteiger partial charge in [-0.1, -0.05) is 37.0 Å². The Hall–Kier alpha value is -2.36. The molecule has 0 saturated carbocycles. The van der Waals surface area contributed by atoms with Gasteiger partial charge in [0.2, 0.25) is 0 Å². The first-order valence-corrected chi connectivity index (χ1v) is 6.63. The number of hydrogen-bond acceptors (Lipinski definition) is 4. The zero-order valence-corrected chi connectivity index (χ0v) is 12.3. The molecule has 0 bridgehead atoms. The Morgan fingerprint density at radius 3 is 2.29 bits per heavy atom. The maximum absolute atomic E-state index is 11.7. The number of hydrogen-bond donors (Lipinski definition) is 0. The van der Waals surface area contributed by atoms with Crippen LogP contribution in [0.4, 0.5) is 0 Å². The number of rotatable bonds is 11. The van der Waals surface area contributed by atoms with E-state index in [0.29, 0.717) is 12.0 Å². The van der Waals surface area contributed by atoms with Gasteiger partial charge >= 0.3 is 11.9 Å². The molecule has 0 aliphatic heterocycles. The Bertz CT molecular complexity index is 430. The fourth-order valence-corrected chi connectivity index (χ4v) is 1.29. The van der Waals surface area contributed by atoms with Gasteiger partial charge < -0.3 is 9.47 Å². The van der Waals surface area contributed by atoms with E-state index < -0.39 is 5.97 Å². The summed E-state index contributed by atoms with van der Waals surface area (Å²) in [7, 11) is 0. The van der Waals surface area contributed by atoms with Crippen LogP contribution in [0.3, 0.4) is 0 Å². The highest BCUT2D eigenvalue weighted by atomic mass is 16.5. The summed E-state index contributed by atoms with van der Waals surface area (Å²) in [6, 6.07) is 0. The molecule has 0 aliphatic rings. The summed E-state index contributed by atoms with van der Waals surface area (Å²) < 4.78 is 9.96. The summed E-state index contributed by atoms with van der Waals surface area (Å²) in [5.41, 5.74) is 0.671. The van der Waals surface area contributed by atoms with E-state index in [0.717, 1.165) is 12.5 Å². The highest BCUT2D eigenvalue weighted by Crippen LogP contribution is 2.07. The Morgan fingerprint density at radius 2 is 1.67 bits per heavy atom. The number of allylic oxidation sites excluding steroid dienone is 4. The van der Waals surface area contributed by atoms with Crippen LogP contribution in [-0.2, 0) is 19.1 Å². The Balaban J connectivity index is 4.28. The quantitative estimate of drug-likeness (QED) is 0.333. The van der Waals surface area contributed by atoms with Crippen LogP contribution in [0.1, 0.15) is 19.3 Å². The minimum absolute atomic E-state index is 0.0418. The van der Waals surface area contributed by atoms with Crippen molar-refractivity contribution in [2.75, 3.05) is 13.2 Å². The van der Waals surface area contributed by atoms with Crippen LogP contribution in [0.15, 0.2) is 61.8 Å². The lowest BCUT2D eigenvalue weighted by molar-refractivity contribution is -0.143. The molecule has 0 aromatic heterocycles. The second kappa shape index (κ2) is 12.7. The summed E-state index contributed by atoms with van der Waals surface area (Å²) in [4.78, 5) is 22.7. The SMILES string of the molecule is C=CC/C=C(\COC(=O)C=C)CC(=O)OC/C=C/CC=C. The first-order valence-electron chi connectivity index (χ1n) is 6.63. The van der Waals surface area contributed by atoms with Crippen molar-refractivity contribution in [1.29, 1.82) is 0 Å². The van der Waals surface area contributed by atoms with E-state index in [1.54, 1.807) is 24.3 Å². The van der Waals surface area contributed by atoms with Crippen LogP contribution in [0.5, 0.6) is 0 Å². The maximum atomic E-state index is 11.7. The molecule has 0 heterocycles. The van der Waals surface area contributed by atoms with Crippen molar-refractivity contribution in [3.05, 3.63) is 61.8 Å². The fourth-order valence-electron chi connectivity index (χ4n) is 1.29. The number of carbonyl (C=O) groups excluding carboxylic acids is 2. The van der Waals surface area contributed by atoms with Gasteiger partial charge in [0.1, 0.15) is 13.2 Å². The molecule has 0 aliphatic carbocycles. The standard InChI is InChI=1S/C17H22O4/c1-4-7-9-10-12-20-17(19)13-15(11-8-5-2)14-21-16(18)6-3/h4-6,9-11H,1-3,7-8,12-14H2/b10-9+,15-11-. The van der Waals surface area contributed by atoms with Gasteiger partial charge in [0, 0.05) is 6.08 Å². The highest BCUT2D eigenvalue weighted by Gasteiger charge is 2.08. The summed E-state index contributed by atoms with van der Waals surface area (Å²) in [6.45, 7) is 10.7. The lowest BCUT2D eigenvalue weighted by Gasteiger charge is -2.07. The third-order valence-corrected chi connectivity index (χ3v) is 2.32. The first-order chi connectivity index (χ1) is 10.1. The Labute approximate surface area is 126 Å². The molecule has 0 amide bonds. The van der Waals surface area contributed by atoms with Crippen LogP contribution in [-0.4, -0.2) is 25.2 Å². The second-order valence-electron chi connectivity index (χ2n) is 4.05. The van der Waals surface area contributed by atoms with E-state index in [1.807, 2.05) is 6.08 Å². The molecular formula is C17H22O4. The van der Waals surface area contributed by atoms with Crippen molar-refractivity contribution in [1.82, 2.24) is 0 Å². The molecule has 114 valence electrons. The molecule has 0 saturated heterocycles. The first kappa shape index (κ1) is 18.6. The average Bonchev–Trinajstić information content (AvgIpc) is 2.49. The molecule has 4 nitrogen and oxygen atoms in total. The molecule has 21 heavy (non-hydrogen) atoms. The highest BCUT2D eigenvalue weighted by molar-refractivity contribution is 5.81. The van der Waals surface area contributed by atoms with Crippen molar-refractivity contribution in [3.63, 3.8) is 0 Å². The molecule has 0 spiro atoms. The summed E-state index contributed by atoms with van der Waals surface area (Å²) in [6.07, 6.45) is 11.3. The molecule has 0 unspecified atom stereocenters. The normalized spacial score (nSPS) is 11.0. The van der Waals surface area contributed by atoms with Crippen LogP contribution < -0.4 is 0 Å². The smallest absolute Gasteiger partial charge is 0.330 e. The van der Waals surface area contributed by atoms with Crippen LogP contribution in [0, 0.1) is 0 Å². The third-order valence-electron chi connectivity index (χ3n) is 2.32. The molecule has 0 radical (unpaired) electrons. The predicted molar refractivity (Wildman–Crippen MR) is 83.6 cm³/mol. The molecule has 0 aromatic carbocycles. The van der Waals surface area contributed by atoms with Gasteiger partial charge in [-0.2, -0.15) is 0 Å². The number of esters is 2. The summed E-state index contributed by atoms with van der Waals surface area (Å²) in [5, 5.41) is 0. The average molecular weight is 290 g/mol. The molecule has 4 heteroatoms. The van der Waals surface area contributed by atoms with Crippen molar-refractivity contribution in [2.24, 2.45) is 0 Å². The van der Waals surface area contributed by atoms with E-state index >= 15 is 0 Å². The predicted octanol–water partition coefficient (Wildman–Crippen LogP) is 3.28. The van der Waals surface area contributed by atoms with Crippen molar-refractivity contribution in [3.8, 4) is 0 Å². The van der Waals surface area contributed by atoms with Crippen LogP contribution in [0.2, 0.25) is 0 Å². The molecule has 0 atom stereocenters. The molecule has 0 N–H and O–H groups in total. The number of ether oxygens (including phenoxy) is 2. The molecular weight excluding hydrogens is 268 g/mol. The van der Waals surface area contributed by atoms with E-state index in [1.165, 1.54) is 0 Å². The molecule has 0 aromatic rings. The van der Waals surface area contributed by atoms with E-state index in [-0.39, 0.29) is 25.6 Å². The van der Waals surface area contributed by atoms with Gasteiger partial charge in [-0.05, 0) is 18.4 Å². The van der Waals surface area contributed by atoms with Gasteiger partial charge in [-0.25, -0.2) is 4.79 Å². The third kappa shape index (κ3) is 11.2. The van der Waals surface area contributed by atoms with E-state index in [9.17, 15) is 9.59 Å². The van der Waals surface area contributed by atoms with Crippen LogP contribution in [0.25, 0.3) is 0 Å². The zero-order valence-electron chi connectivity index (χ0n) is 12.3. The monoisotopic (exact) mass is 290 g/mol. The molecule has 0 fully saturated rings. The van der Waals surface area contributed by atoms with Gasteiger partial charge in [0.15, 0.2) is 0 Å². The van der Waals surface area contributed by atoms with Gasteiger partial charge in [-0.3, -0.25) is 4.79 Å². The second-order valence-corrected chi connectivity index (χ2v) is 4.05. The van der Waals surface area contributed by atoms with Crippen molar-refractivity contribution < 1.29 is 19.1 Å². The van der Waals surface area contributed by atoms with Gasteiger partial charge in [0.25, 0.3) is 0 Å². The lowest BCUT2D eigenvalue weighted by Crippen LogP contribution is -2.11. The van der Waals surface area contributed by atoms with Crippen LogP contribution >= 0.6 is 0 Å². The molecule has 0 rings (SSSR count). The minimum atomic E-state index is -0.528. The Kier molecular flexibility index (Phi) is 11.2. The zero-order chi connectivity index (χ0) is 15.9.